The van der Waals surface area contributed by atoms with E-state index in [-0.39, 0.29) is 6.03 Å². The standard InChI is InChI=1S/C12H17N3O/c1-8-5-6-10(13)11(7-8)15-12(16)14-9-3-2-4-9/h5-7,9H,2-4,13H2,1H3,(H2,14,15,16). The molecule has 1 fully saturated rings. The van der Waals surface area contributed by atoms with Crippen LogP contribution < -0.4 is 16.4 Å². The van der Waals surface area contributed by atoms with Crippen LogP contribution >= 0.6 is 0 Å². The van der Waals surface area contributed by atoms with E-state index in [9.17, 15) is 4.79 Å². The summed E-state index contributed by atoms with van der Waals surface area (Å²) in [4.78, 5) is 11.6. The van der Waals surface area contributed by atoms with Crippen molar-refractivity contribution in [2.75, 3.05) is 11.1 Å². The van der Waals surface area contributed by atoms with Crippen LogP contribution in [0.15, 0.2) is 18.2 Å². The van der Waals surface area contributed by atoms with Gasteiger partial charge in [-0.1, -0.05) is 6.07 Å². The summed E-state index contributed by atoms with van der Waals surface area (Å²) >= 11 is 0. The molecule has 0 radical (unpaired) electrons. The minimum atomic E-state index is -0.165. The first kappa shape index (κ1) is 10.8. The number of carbonyl (C=O) groups excluding carboxylic acids is 1. The monoisotopic (exact) mass is 219 g/mol. The fourth-order valence-corrected chi connectivity index (χ4v) is 1.67. The maximum atomic E-state index is 11.6. The van der Waals surface area contributed by atoms with Crippen LogP contribution in [0.1, 0.15) is 24.8 Å². The van der Waals surface area contributed by atoms with Crippen molar-refractivity contribution in [3.63, 3.8) is 0 Å². The highest BCUT2D eigenvalue weighted by atomic mass is 16.2. The SMILES string of the molecule is Cc1ccc(N)c(NC(=O)NC2CCC2)c1. The number of aryl methyl sites for hydroxylation is 1. The van der Waals surface area contributed by atoms with Gasteiger partial charge in [-0.05, 0) is 43.9 Å². The Bertz CT molecular complexity index is 399. The van der Waals surface area contributed by atoms with E-state index >= 15 is 0 Å². The highest BCUT2D eigenvalue weighted by molar-refractivity contribution is 5.92. The van der Waals surface area contributed by atoms with Crippen LogP contribution in [0.4, 0.5) is 16.2 Å². The second kappa shape index (κ2) is 4.43. The Balaban J connectivity index is 1.96. The Kier molecular flexibility index (Phi) is 2.99. The quantitative estimate of drug-likeness (QED) is 0.668. The largest absolute Gasteiger partial charge is 0.397 e. The molecule has 0 atom stereocenters. The van der Waals surface area contributed by atoms with Crippen molar-refractivity contribution < 1.29 is 4.79 Å². The van der Waals surface area contributed by atoms with Gasteiger partial charge in [0.25, 0.3) is 0 Å². The van der Waals surface area contributed by atoms with E-state index in [0.717, 1.165) is 18.4 Å². The molecule has 1 aromatic rings. The zero-order valence-corrected chi connectivity index (χ0v) is 9.42. The van der Waals surface area contributed by atoms with Crippen LogP contribution in [-0.2, 0) is 0 Å². The molecule has 0 heterocycles. The number of hydrogen-bond acceptors (Lipinski definition) is 2. The molecule has 4 heteroatoms. The molecule has 16 heavy (non-hydrogen) atoms. The van der Waals surface area contributed by atoms with Crippen molar-refractivity contribution in [2.24, 2.45) is 0 Å². The molecule has 1 aliphatic rings. The van der Waals surface area contributed by atoms with Gasteiger partial charge < -0.3 is 16.4 Å². The molecule has 4 N–H and O–H groups in total. The third kappa shape index (κ3) is 2.45. The van der Waals surface area contributed by atoms with Crippen LogP contribution in [0, 0.1) is 6.92 Å². The number of carbonyl (C=O) groups is 1. The number of benzene rings is 1. The van der Waals surface area contributed by atoms with Crippen molar-refractivity contribution in [3.8, 4) is 0 Å². The first-order chi connectivity index (χ1) is 7.65. The lowest BCUT2D eigenvalue weighted by atomic mass is 9.93. The minimum absolute atomic E-state index is 0.165. The van der Waals surface area contributed by atoms with Crippen molar-refractivity contribution in [1.82, 2.24) is 5.32 Å². The average Bonchev–Trinajstić information content (AvgIpc) is 2.18. The third-order valence-corrected chi connectivity index (χ3v) is 2.90. The lowest BCUT2D eigenvalue weighted by Gasteiger charge is -2.26. The van der Waals surface area contributed by atoms with E-state index in [0.29, 0.717) is 17.4 Å². The number of nitrogen functional groups attached to an aromatic ring is 1. The molecule has 0 aliphatic heterocycles. The lowest BCUT2D eigenvalue weighted by Crippen LogP contribution is -2.41. The van der Waals surface area contributed by atoms with Gasteiger partial charge >= 0.3 is 6.03 Å². The van der Waals surface area contributed by atoms with Gasteiger partial charge in [0.05, 0.1) is 11.4 Å². The molecule has 0 spiro atoms. The van der Waals surface area contributed by atoms with Gasteiger partial charge in [0.1, 0.15) is 0 Å². The van der Waals surface area contributed by atoms with Gasteiger partial charge in [0.15, 0.2) is 0 Å². The van der Waals surface area contributed by atoms with Gasteiger partial charge in [-0.25, -0.2) is 4.79 Å². The number of hydrogen-bond donors (Lipinski definition) is 3. The Morgan fingerprint density at radius 1 is 1.44 bits per heavy atom. The third-order valence-electron chi connectivity index (χ3n) is 2.90. The average molecular weight is 219 g/mol. The molecular formula is C12H17N3O. The maximum Gasteiger partial charge on any atom is 0.319 e. The number of urea groups is 1. The lowest BCUT2D eigenvalue weighted by molar-refractivity contribution is 0.240. The van der Waals surface area contributed by atoms with Gasteiger partial charge in [-0.2, -0.15) is 0 Å². The number of rotatable bonds is 2. The molecular weight excluding hydrogens is 202 g/mol. The van der Waals surface area contributed by atoms with Crippen LogP contribution in [0.2, 0.25) is 0 Å². The molecule has 1 saturated carbocycles. The van der Waals surface area contributed by atoms with Crippen molar-refractivity contribution >= 4 is 17.4 Å². The summed E-state index contributed by atoms with van der Waals surface area (Å²) < 4.78 is 0. The number of nitrogens with one attached hydrogen (secondary N) is 2. The smallest absolute Gasteiger partial charge is 0.319 e. The summed E-state index contributed by atoms with van der Waals surface area (Å²) in [6, 6.07) is 5.77. The number of anilines is 2. The Morgan fingerprint density at radius 2 is 2.19 bits per heavy atom. The fraction of sp³-hybridized carbons (Fsp3) is 0.417. The molecule has 0 aromatic heterocycles. The number of amides is 2. The zero-order chi connectivity index (χ0) is 11.5. The van der Waals surface area contributed by atoms with Gasteiger partial charge in [0, 0.05) is 6.04 Å². The summed E-state index contributed by atoms with van der Waals surface area (Å²) in [7, 11) is 0. The first-order valence-corrected chi connectivity index (χ1v) is 5.59. The normalized spacial score (nSPS) is 15.3. The zero-order valence-electron chi connectivity index (χ0n) is 9.42. The molecule has 1 aliphatic carbocycles. The highest BCUT2D eigenvalue weighted by Gasteiger charge is 2.19. The Labute approximate surface area is 95.2 Å². The predicted molar refractivity (Wildman–Crippen MR) is 65.4 cm³/mol. The van der Waals surface area contributed by atoms with E-state index in [1.165, 1.54) is 6.42 Å². The highest BCUT2D eigenvalue weighted by Crippen LogP contribution is 2.21. The second-order valence-corrected chi connectivity index (χ2v) is 4.32. The Morgan fingerprint density at radius 3 is 2.81 bits per heavy atom. The molecule has 86 valence electrons. The summed E-state index contributed by atoms with van der Waals surface area (Å²) in [6.07, 6.45) is 3.37. The van der Waals surface area contributed by atoms with Crippen LogP contribution in [0.3, 0.4) is 0 Å². The minimum Gasteiger partial charge on any atom is -0.397 e. The van der Waals surface area contributed by atoms with Crippen molar-refractivity contribution in [1.29, 1.82) is 0 Å². The van der Waals surface area contributed by atoms with Crippen molar-refractivity contribution in [2.45, 2.75) is 32.2 Å². The Hall–Kier alpha value is -1.71. The van der Waals surface area contributed by atoms with E-state index in [4.69, 9.17) is 5.73 Å². The molecule has 1 aromatic carbocycles. The molecule has 0 bridgehead atoms. The summed E-state index contributed by atoms with van der Waals surface area (Å²) in [5.74, 6) is 0. The van der Waals surface area contributed by atoms with E-state index < -0.39 is 0 Å². The van der Waals surface area contributed by atoms with Crippen molar-refractivity contribution in [3.05, 3.63) is 23.8 Å². The molecule has 2 rings (SSSR count). The number of nitrogens with two attached hydrogens (primary N) is 1. The molecule has 0 saturated heterocycles. The maximum absolute atomic E-state index is 11.6. The summed E-state index contributed by atoms with van der Waals surface area (Å²) in [5.41, 5.74) is 8.12. The van der Waals surface area contributed by atoms with E-state index in [2.05, 4.69) is 10.6 Å². The van der Waals surface area contributed by atoms with Crippen LogP contribution in [0.5, 0.6) is 0 Å². The van der Waals surface area contributed by atoms with Gasteiger partial charge in [0.2, 0.25) is 0 Å². The summed E-state index contributed by atoms with van der Waals surface area (Å²) in [5, 5.41) is 5.68. The van der Waals surface area contributed by atoms with Gasteiger partial charge in [-0.15, -0.1) is 0 Å². The predicted octanol–water partition coefficient (Wildman–Crippen LogP) is 2.25. The molecule has 0 unspecified atom stereocenters. The first-order valence-electron chi connectivity index (χ1n) is 5.59. The van der Waals surface area contributed by atoms with E-state index in [1.807, 2.05) is 19.1 Å². The van der Waals surface area contributed by atoms with E-state index in [1.54, 1.807) is 6.07 Å². The second-order valence-electron chi connectivity index (χ2n) is 4.32. The summed E-state index contributed by atoms with van der Waals surface area (Å²) in [6.45, 7) is 1.97. The van der Waals surface area contributed by atoms with Crippen LogP contribution in [-0.4, -0.2) is 12.1 Å². The molecule has 2 amide bonds. The fourth-order valence-electron chi connectivity index (χ4n) is 1.67. The molecule has 4 nitrogen and oxygen atoms in total. The van der Waals surface area contributed by atoms with Gasteiger partial charge in [-0.3, -0.25) is 0 Å². The topological polar surface area (TPSA) is 67.1 Å². The van der Waals surface area contributed by atoms with Crippen LogP contribution in [0.25, 0.3) is 0 Å².